The van der Waals surface area contributed by atoms with E-state index in [2.05, 4.69) is 4.98 Å². The Hall–Kier alpha value is -1.30. The summed E-state index contributed by atoms with van der Waals surface area (Å²) in [5, 5.41) is 9.39. The molecule has 96 valence electrons. The topological polar surface area (TPSA) is 42.4 Å². The SMILES string of the molecule is CCCOc1cncc(C(O)CC(F)(F)F)c1. The summed E-state index contributed by atoms with van der Waals surface area (Å²) < 4.78 is 41.5. The molecule has 0 saturated carbocycles. The molecule has 0 radical (unpaired) electrons. The number of hydrogen-bond donors (Lipinski definition) is 1. The van der Waals surface area contributed by atoms with E-state index in [0.29, 0.717) is 12.4 Å². The monoisotopic (exact) mass is 249 g/mol. The highest BCUT2D eigenvalue weighted by atomic mass is 19.4. The van der Waals surface area contributed by atoms with Crippen molar-refractivity contribution in [3.8, 4) is 5.75 Å². The van der Waals surface area contributed by atoms with Crippen LogP contribution in [0.5, 0.6) is 5.75 Å². The highest BCUT2D eigenvalue weighted by Crippen LogP contribution is 2.30. The molecule has 3 nitrogen and oxygen atoms in total. The summed E-state index contributed by atoms with van der Waals surface area (Å²) in [4.78, 5) is 3.74. The minimum absolute atomic E-state index is 0.107. The van der Waals surface area contributed by atoms with E-state index in [1.807, 2.05) is 6.92 Å². The average Bonchev–Trinajstić information content (AvgIpc) is 2.24. The zero-order chi connectivity index (χ0) is 12.9. The summed E-state index contributed by atoms with van der Waals surface area (Å²) in [5.74, 6) is 0.366. The van der Waals surface area contributed by atoms with Crippen LogP contribution in [-0.2, 0) is 0 Å². The van der Waals surface area contributed by atoms with E-state index in [4.69, 9.17) is 4.74 Å². The molecule has 0 aliphatic heterocycles. The van der Waals surface area contributed by atoms with Gasteiger partial charge < -0.3 is 9.84 Å². The number of halogens is 3. The number of alkyl halides is 3. The molecule has 1 rings (SSSR count). The normalized spacial score (nSPS) is 13.5. The van der Waals surface area contributed by atoms with Crippen molar-refractivity contribution in [1.82, 2.24) is 4.98 Å². The van der Waals surface area contributed by atoms with Crippen molar-refractivity contribution >= 4 is 0 Å². The van der Waals surface area contributed by atoms with Gasteiger partial charge in [-0.05, 0) is 12.5 Å². The quantitative estimate of drug-likeness (QED) is 0.872. The predicted octanol–water partition coefficient (Wildman–Crippen LogP) is 2.86. The van der Waals surface area contributed by atoms with E-state index < -0.39 is 18.7 Å². The van der Waals surface area contributed by atoms with Gasteiger partial charge in [-0.1, -0.05) is 6.92 Å². The van der Waals surface area contributed by atoms with Gasteiger partial charge in [-0.25, -0.2) is 0 Å². The van der Waals surface area contributed by atoms with Gasteiger partial charge in [0.15, 0.2) is 0 Å². The first-order valence-corrected chi connectivity index (χ1v) is 5.25. The Balaban J connectivity index is 2.70. The first kappa shape index (κ1) is 13.8. The molecule has 0 saturated heterocycles. The van der Waals surface area contributed by atoms with E-state index in [9.17, 15) is 18.3 Å². The number of aromatic nitrogens is 1. The fraction of sp³-hybridized carbons (Fsp3) is 0.545. The Kier molecular flexibility index (Phi) is 4.74. The highest BCUT2D eigenvalue weighted by Gasteiger charge is 2.31. The molecule has 1 heterocycles. The molecule has 0 bridgehead atoms. The van der Waals surface area contributed by atoms with Crippen molar-refractivity contribution in [3.05, 3.63) is 24.0 Å². The number of nitrogens with zero attached hydrogens (tertiary/aromatic N) is 1. The lowest BCUT2D eigenvalue weighted by Crippen LogP contribution is -2.13. The van der Waals surface area contributed by atoms with Crippen LogP contribution in [0.1, 0.15) is 31.4 Å². The summed E-state index contributed by atoms with van der Waals surface area (Å²) in [7, 11) is 0. The summed E-state index contributed by atoms with van der Waals surface area (Å²) in [5.41, 5.74) is 0.107. The largest absolute Gasteiger partial charge is 0.492 e. The molecule has 1 aromatic heterocycles. The second-order valence-corrected chi connectivity index (χ2v) is 3.64. The maximum atomic E-state index is 12.1. The van der Waals surface area contributed by atoms with Gasteiger partial charge in [-0.15, -0.1) is 0 Å². The average molecular weight is 249 g/mol. The van der Waals surface area contributed by atoms with Gasteiger partial charge in [-0.3, -0.25) is 4.98 Å². The second-order valence-electron chi connectivity index (χ2n) is 3.64. The van der Waals surface area contributed by atoms with Crippen molar-refractivity contribution in [2.24, 2.45) is 0 Å². The first-order chi connectivity index (χ1) is 7.92. The van der Waals surface area contributed by atoms with Gasteiger partial charge in [0.2, 0.25) is 0 Å². The lowest BCUT2D eigenvalue weighted by molar-refractivity contribution is -0.154. The second kappa shape index (κ2) is 5.86. The highest BCUT2D eigenvalue weighted by molar-refractivity contribution is 5.25. The van der Waals surface area contributed by atoms with Crippen LogP contribution >= 0.6 is 0 Å². The van der Waals surface area contributed by atoms with Crippen LogP contribution in [0.4, 0.5) is 13.2 Å². The van der Waals surface area contributed by atoms with Crippen molar-refractivity contribution in [2.75, 3.05) is 6.61 Å². The minimum Gasteiger partial charge on any atom is -0.492 e. The van der Waals surface area contributed by atoms with Crippen molar-refractivity contribution in [3.63, 3.8) is 0 Å². The van der Waals surface area contributed by atoms with E-state index >= 15 is 0 Å². The molecule has 0 aliphatic rings. The molecular weight excluding hydrogens is 235 g/mol. The number of hydrogen-bond acceptors (Lipinski definition) is 3. The maximum absolute atomic E-state index is 12.1. The van der Waals surface area contributed by atoms with Gasteiger partial charge in [0.25, 0.3) is 0 Å². The van der Waals surface area contributed by atoms with E-state index in [0.717, 1.165) is 6.42 Å². The Morgan fingerprint density at radius 1 is 1.41 bits per heavy atom. The van der Waals surface area contributed by atoms with Crippen LogP contribution in [0.2, 0.25) is 0 Å². The van der Waals surface area contributed by atoms with Gasteiger partial charge in [0.05, 0.1) is 25.3 Å². The van der Waals surface area contributed by atoms with Crippen LogP contribution < -0.4 is 4.74 Å². The van der Waals surface area contributed by atoms with Gasteiger partial charge in [0, 0.05) is 11.8 Å². The van der Waals surface area contributed by atoms with Crippen molar-refractivity contribution < 1.29 is 23.0 Å². The van der Waals surface area contributed by atoms with Crippen LogP contribution in [0, 0.1) is 0 Å². The number of aliphatic hydroxyl groups excluding tert-OH is 1. The van der Waals surface area contributed by atoms with Gasteiger partial charge in [0.1, 0.15) is 5.75 Å². The third kappa shape index (κ3) is 5.04. The standard InChI is InChI=1S/C11H14F3NO2/c1-2-3-17-9-4-8(6-15-7-9)10(16)5-11(12,13)14/h4,6-7,10,16H,2-3,5H2,1H3. The molecule has 1 aromatic rings. The van der Waals surface area contributed by atoms with Crippen LogP contribution in [0.3, 0.4) is 0 Å². The number of aliphatic hydroxyl groups is 1. The maximum Gasteiger partial charge on any atom is 0.391 e. The molecular formula is C11H14F3NO2. The van der Waals surface area contributed by atoms with Crippen LogP contribution in [0.25, 0.3) is 0 Å². The molecule has 0 aliphatic carbocycles. The number of rotatable bonds is 5. The number of ether oxygens (including phenoxy) is 1. The molecule has 1 unspecified atom stereocenters. The summed E-state index contributed by atoms with van der Waals surface area (Å²) in [6, 6.07) is 1.37. The van der Waals surface area contributed by atoms with Crippen molar-refractivity contribution in [1.29, 1.82) is 0 Å². The molecule has 0 aromatic carbocycles. The predicted molar refractivity (Wildman–Crippen MR) is 55.7 cm³/mol. The van der Waals surface area contributed by atoms with Gasteiger partial charge in [-0.2, -0.15) is 13.2 Å². The minimum atomic E-state index is -4.40. The fourth-order valence-corrected chi connectivity index (χ4v) is 1.25. The molecule has 1 atom stereocenters. The molecule has 1 N–H and O–H groups in total. The van der Waals surface area contributed by atoms with E-state index in [1.54, 1.807) is 0 Å². The number of pyridine rings is 1. The molecule has 0 fully saturated rings. The Labute approximate surface area is 97.2 Å². The molecule has 0 amide bonds. The van der Waals surface area contributed by atoms with E-state index in [-0.39, 0.29) is 5.56 Å². The first-order valence-electron chi connectivity index (χ1n) is 5.25. The Bertz CT molecular complexity index is 355. The molecule has 0 spiro atoms. The Morgan fingerprint density at radius 3 is 2.71 bits per heavy atom. The summed E-state index contributed by atoms with van der Waals surface area (Å²) in [6.45, 7) is 2.37. The van der Waals surface area contributed by atoms with Crippen LogP contribution in [0.15, 0.2) is 18.5 Å². The summed E-state index contributed by atoms with van der Waals surface area (Å²) in [6.07, 6.45) is -3.90. The van der Waals surface area contributed by atoms with Crippen LogP contribution in [-0.4, -0.2) is 22.9 Å². The lowest BCUT2D eigenvalue weighted by atomic mass is 10.1. The third-order valence-electron chi connectivity index (χ3n) is 2.02. The molecule has 17 heavy (non-hydrogen) atoms. The fourth-order valence-electron chi connectivity index (χ4n) is 1.25. The van der Waals surface area contributed by atoms with Crippen molar-refractivity contribution in [2.45, 2.75) is 32.0 Å². The molecule has 6 heteroatoms. The third-order valence-corrected chi connectivity index (χ3v) is 2.02. The van der Waals surface area contributed by atoms with Gasteiger partial charge >= 0.3 is 6.18 Å². The smallest absolute Gasteiger partial charge is 0.391 e. The van der Waals surface area contributed by atoms with E-state index in [1.165, 1.54) is 18.5 Å². The Morgan fingerprint density at radius 2 is 2.12 bits per heavy atom. The summed E-state index contributed by atoms with van der Waals surface area (Å²) >= 11 is 0. The zero-order valence-corrected chi connectivity index (χ0v) is 9.37. The zero-order valence-electron chi connectivity index (χ0n) is 9.37. The lowest BCUT2D eigenvalue weighted by Gasteiger charge is -2.14.